The molecule has 8 nitrogen and oxygen atoms in total. The molecular weight excluding hydrogens is 499 g/mol. The van der Waals surface area contributed by atoms with Gasteiger partial charge in [-0.1, -0.05) is 0 Å². The number of nitrogens with zero attached hydrogens (tertiary/aromatic N) is 5. The van der Waals surface area contributed by atoms with Crippen LogP contribution in [0, 0.1) is 6.92 Å². The summed E-state index contributed by atoms with van der Waals surface area (Å²) in [4.78, 5) is 22.1. The molecule has 1 aliphatic heterocycles. The lowest BCUT2D eigenvalue weighted by atomic mass is 10.0. The smallest absolute Gasteiger partial charge is 0.433 e. The van der Waals surface area contributed by atoms with Crippen LogP contribution in [-0.4, -0.2) is 63.1 Å². The van der Waals surface area contributed by atoms with Crippen LogP contribution in [0.5, 0.6) is 5.75 Å². The predicted octanol–water partition coefficient (Wildman–Crippen LogP) is 5.23. The number of hydrogen-bond donors (Lipinski definition) is 0. The fourth-order valence-electron chi connectivity index (χ4n) is 5.09. The van der Waals surface area contributed by atoms with Crippen LogP contribution in [0.1, 0.15) is 47.3 Å². The number of alkyl halides is 3. The van der Waals surface area contributed by atoms with Crippen molar-refractivity contribution in [3.05, 3.63) is 71.4 Å². The number of fused-ring (bicyclic) bond motifs is 1. The van der Waals surface area contributed by atoms with E-state index in [2.05, 4.69) is 15.0 Å². The lowest BCUT2D eigenvalue weighted by molar-refractivity contribution is -0.143. The number of hydrogen-bond acceptors (Lipinski definition) is 6. The van der Waals surface area contributed by atoms with E-state index in [1.807, 2.05) is 26.0 Å². The number of furan rings is 1. The molecule has 5 rings (SSSR count). The largest absolute Gasteiger partial charge is 0.497 e. The fourth-order valence-corrected chi connectivity index (χ4v) is 5.09. The number of rotatable bonds is 5. The number of benzene rings is 1. The van der Waals surface area contributed by atoms with Gasteiger partial charge in [0.05, 0.1) is 31.3 Å². The number of methoxy groups -OCH3 is 1. The molecule has 0 aliphatic carbocycles. The molecule has 1 fully saturated rings. The van der Waals surface area contributed by atoms with Gasteiger partial charge in [0.15, 0.2) is 11.3 Å². The Morgan fingerprint density at radius 2 is 1.92 bits per heavy atom. The molecule has 1 amide bonds. The van der Waals surface area contributed by atoms with Gasteiger partial charge in [0.1, 0.15) is 17.1 Å². The van der Waals surface area contributed by atoms with Crippen molar-refractivity contribution in [3.63, 3.8) is 0 Å². The summed E-state index contributed by atoms with van der Waals surface area (Å²) in [6, 6.07) is 10.2. The molecule has 38 heavy (non-hydrogen) atoms. The van der Waals surface area contributed by atoms with E-state index < -0.39 is 17.8 Å². The van der Waals surface area contributed by atoms with Crippen LogP contribution in [0.15, 0.2) is 53.3 Å². The van der Waals surface area contributed by atoms with Crippen molar-refractivity contribution in [2.75, 3.05) is 26.7 Å². The summed E-state index contributed by atoms with van der Waals surface area (Å²) in [5.41, 5.74) is -0.525. The zero-order chi connectivity index (χ0) is 27.2. The third kappa shape index (κ3) is 4.51. The van der Waals surface area contributed by atoms with E-state index in [9.17, 15) is 18.0 Å². The molecular formula is C27H28F3N5O3. The van der Waals surface area contributed by atoms with Crippen molar-refractivity contribution in [1.82, 2.24) is 24.4 Å². The quantitative estimate of drug-likeness (QED) is 0.354. The van der Waals surface area contributed by atoms with E-state index in [4.69, 9.17) is 9.15 Å². The van der Waals surface area contributed by atoms with E-state index in [0.29, 0.717) is 30.9 Å². The first-order chi connectivity index (χ1) is 18.1. The molecule has 0 N–H and O–H groups in total. The standard InChI is InChI=1S/C27H28F3N5O3/c1-16-15-33(18(3)22-6-5-13-38-22)11-12-34(16)26(36)21-14-31-35-24(27(28,29)30)17(2)23(32-25(21)35)19-7-9-20(37-4)10-8-19/h5-10,13-14,16,18H,11-12,15H2,1-4H3/t16-,18?/m1/s1. The summed E-state index contributed by atoms with van der Waals surface area (Å²) in [5, 5.41) is 3.97. The SMILES string of the molecule is COc1ccc(-c2nc3c(C(=O)N4CCN(C(C)c5ccco5)C[C@H]4C)cnn3c(C(F)(F)F)c2C)cc1. The first-order valence-corrected chi connectivity index (χ1v) is 12.3. The number of carbonyl (C=O) groups excluding carboxylic acids is 1. The van der Waals surface area contributed by atoms with Crippen molar-refractivity contribution in [2.24, 2.45) is 0 Å². The Bertz CT molecular complexity index is 1450. The second kappa shape index (κ2) is 9.79. The first kappa shape index (κ1) is 25.8. The monoisotopic (exact) mass is 527 g/mol. The number of ether oxygens (including phenoxy) is 1. The molecule has 1 unspecified atom stereocenters. The molecule has 0 radical (unpaired) electrons. The van der Waals surface area contributed by atoms with Gasteiger partial charge in [-0.3, -0.25) is 9.69 Å². The second-order valence-electron chi connectivity index (χ2n) is 9.49. The average molecular weight is 528 g/mol. The lowest BCUT2D eigenvalue weighted by Gasteiger charge is -2.41. The maximum Gasteiger partial charge on any atom is 0.433 e. The van der Waals surface area contributed by atoms with Crippen LogP contribution >= 0.6 is 0 Å². The third-order valence-corrected chi connectivity index (χ3v) is 7.17. The van der Waals surface area contributed by atoms with Gasteiger partial charge in [-0.05, 0) is 57.2 Å². The molecule has 0 saturated carbocycles. The Hall–Kier alpha value is -3.86. The first-order valence-electron chi connectivity index (χ1n) is 12.3. The van der Waals surface area contributed by atoms with Gasteiger partial charge in [-0.2, -0.15) is 18.3 Å². The minimum atomic E-state index is -4.71. The lowest BCUT2D eigenvalue weighted by Crippen LogP contribution is -2.54. The van der Waals surface area contributed by atoms with Gasteiger partial charge >= 0.3 is 6.18 Å². The van der Waals surface area contributed by atoms with Gasteiger partial charge in [0.2, 0.25) is 0 Å². The molecule has 0 spiro atoms. The van der Waals surface area contributed by atoms with Gasteiger partial charge in [0, 0.05) is 36.8 Å². The van der Waals surface area contributed by atoms with Crippen LogP contribution in [0.2, 0.25) is 0 Å². The second-order valence-corrected chi connectivity index (χ2v) is 9.49. The molecule has 1 aliphatic rings. The highest BCUT2D eigenvalue weighted by molar-refractivity contribution is 6.00. The average Bonchev–Trinajstić information content (AvgIpc) is 3.57. The Morgan fingerprint density at radius 3 is 2.53 bits per heavy atom. The highest BCUT2D eigenvalue weighted by Crippen LogP contribution is 2.37. The molecule has 11 heteroatoms. The molecule has 4 heterocycles. The molecule has 0 bridgehead atoms. The Kier molecular flexibility index (Phi) is 6.64. The van der Waals surface area contributed by atoms with Gasteiger partial charge < -0.3 is 14.1 Å². The van der Waals surface area contributed by atoms with Crippen LogP contribution in [0.4, 0.5) is 13.2 Å². The normalized spacial score (nSPS) is 17.7. The zero-order valence-corrected chi connectivity index (χ0v) is 21.5. The van der Waals surface area contributed by atoms with Gasteiger partial charge in [-0.15, -0.1) is 0 Å². The number of carbonyl (C=O) groups is 1. The van der Waals surface area contributed by atoms with E-state index in [-0.39, 0.29) is 34.6 Å². The minimum Gasteiger partial charge on any atom is -0.497 e. The summed E-state index contributed by atoms with van der Waals surface area (Å²) >= 11 is 0. The van der Waals surface area contributed by atoms with Crippen LogP contribution in [0.25, 0.3) is 16.9 Å². The third-order valence-electron chi connectivity index (χ3n) is 7.17. The summed E-state index contributed by atoms with van der Waals surface area (Å²) in [5.74, 6) is 1.01. The molecule has 2 atom stereocenters. The van der Waals surface area contributed by atoms with Crippen LogP contribution < -0.4 is 4.74 Å². The van der Waals surface area contributed by atoms with Crippen molar-refractivity contribution in [1.29, 1.82) is 0 Å². The fraction of sp³-hybridized carbons (Fsp3) is 0.370. The van der Waals surface area contributed by atoms with Crippen molar-refractivity contribution >= 4 is 11.6 Å². The number of aromatic nitrogens is 3. The summed E-state index contributed by atoms with van der Waals surface area (Å²) in [6.45, 7) is 6.91. The van der Waals surface area contributed by atoms with Gasteiger partial charge in [-0.25, -0.2) is 9.50 Å². The zero-order valence-electron chi connectivity index (χ0n) is 21.5. The Morgan fingerprint density at radius 1 is 1.18 bits per heavy atom. The van der Waals surface area contributed by atoms with E-state index in [1.165, 1.54) is 20.2 Å². The molecule has 1 aromatic carbocycles. The number of halogens is 3. The topological polar surface area (TPSA) is 76.1 Å². The molecule has 1 saturated heterocycles. The van der Waals surface area contributed by atoms with Crippen LogP contribution in [-0.2, 0) is 6.18 Å². The van der Waals surface area contributed by atoms with Gasteiger partial charge in [0.25, 0.3) is 5.91 Å². The maximum absolute atomic E-state index is 14.2. The maximum atomic E-state index is 14.2. The van der Waals surface area contributed by atoms with E-state index >= 15 is 0 Å². The van der Waals surface area contributed by atoms with Crippen molar-refractivity contribution in [2.45, 2.75) is 39.0 Å². The highest BCUT2D eigenvalue weighted by atomic mass is 19.4. The minimum absolute atomic E-state index is 0.0321. The molecule has 4 aromatic rings. The van der Waals surface area contributed by atoms with Crippen molar-refractivity contribution in [3.8, 4) is 17.0 Å². The number of piperazine rings is 1. The summed E-state index contributed by atoms with van der Waals surface area (Å²) in [6.07, 6.45) is -1.90. The van der Waals surface area contributed by atoms with E-state index in [1.54, 1.807) is 35.4 Å². The highest BCUT2D eigenvalue weighted by Gasteiger charge is 2.39. The predicted molar refractivity (Wildman–Crippen MR) is 134 cm³/mol. The molecule has 200 valence electrons. The number of amides is 1. The van der Waals surface area contributed by atoms with E-state index in [0.717, 1.165) is 10.3 Å². The Balaban J connectivity index is 1.51. The summed E-state index contributed by atoms with van der Waals surface area (Å²) < 4.78 is 54.1. The van der Waals surface area contributed by atoms with Crippen LogP contribution in [0.3, 0.4) is 0 Å². The molecule has 3 aromatic heterocycles. The Labute approximate surface area is 217 Å². The van der Waals surface area contributed by atoms with Crippen molar-refractivity contribution < 1.29 is 27.1 Å². The summed E-state index contributed by atoms with van der Waals surface area (Å²) in [7, 11) is 1.51.